The Morgan fingerprint density at radius 1 is 0.894 bits per heavy atom. The molecule has 0 aliphatic rings. The quantitative estimate of drug-likeness (QED) is 0.0657. The molecule has 5 aromatic rings. The first-order valence-corrected chi connectivity index (χ1v) is 14.8. The Labute approximate surface area is 269 Å². The van der Waals surface area contributed by atoms with Crippen molar-refractivity contribution in [3.05, 3.63) is 106 Å². The Morgan fingerprint density at radius 2 is 1.55 bits per heavy atom. The second-order valence-corrected chi connectivity index (χ2v) is 10.8. The van der Waals surface area contributed by atoms with Crippen molar-refractivity contribution < 1.29 is 34.3 Å². The van der Waals surface area contributed by atoms with Gasteiger partial charge in [-0.05, 0) is 55.3 Å². The lowest BCUT2D eigenvalue weighted by molar-refractivity contribution is 0.0696. The van der Waals surface area contributed by atoms with Crippen molar-refractivity contribution in [1.29, 1.82) is 0 Å². The Bertz CT molecular complexity index is 2020. The predicted octanol–water partition coefficient (Wildman–Crippen LogP) is 6.70. The van der Waals surface area contributed by atoms with Crippen LogP contribution in [-0.2, 0) is 0 Å². The molecule has 4 aromatic carbocycles. The molecule has 1 heterocycles. The maximum atomic E-state index is 13.3. The maximum Gasteiger partial charge on any atom is 0.337 e. The van der Waals surface area contributed by atoms with Crippen LogP contribution >= 0.6 is 0 Å². The predicted molar refractivity (Wildman–Crippen MR) is 176 cm³/mol. The van der Waals surface area contributed by atoms with E-state index in [0.717, 1.165) is 20.9 Å². The van der Waals surface area contributed by atoms with E-state index in [9.17, 15) is 24.9 Å². The number of aromatic nitrogens is 1. The Hall–Kier alpha value is -5.88. The molecule has 0 saturated heterocycles. The van der Waals surface area contributed by atoms with Crippen molar-refractivity contribution in [3.63, 3.8) is 0 Å². The fourth-order valence-electron chi connectivity index (χ4n) is 5.12. The number of rotatable bonds is 12. The summed E-state index contributed by atoms with van der Waals surface area (Å²) in [4.78, 5) is 25.1. The van der Waals surface area contributed by atoms with Gasteiger partial charge in [0.1, 0.15) is 37.2 Å². The number of azo groups is 1. The van der Waals surface area contributed by atoms with E-state index in [0.29, 0.717) is 17.2 Å². The van der Waals surface area contributed by atoms with Crippen molar-refractivity contribution in [2.45, 2.75) is 26.7 Å². The number of ether oxygens (including phenoxy) is 3. The van der Waals surface area contributed by atoms with E-state index >= 15 is 0 Å². The number of nitrogens with two attached hydrogens (primary N) is 1. The van der Waals surface area contributed by atoms with E-state index in [1.165, 1.54) is 31.2 Å². The van der Waals surface area contributed by atoms with E-state index in [2.05, 4.69) is 10.2 Å². The molecule has 242 valence electrons. The zero-order valence-electron chi connectivity index (χ0n) is 26.0. The highest BCUT2D eigenvalue weighted by atomic mass is 16.5. The van der Waals surface area contributed by atoms with E-state index in [1.807, 2.05) is 44.2 Å². The molecule has 0 aliphatic carbocycles. The molecular weight excluding hydrogens is 604 g/mol. The third-order valence-electron chi connectivity index (χ3n) is 7.46. The molecule has 0 saturated carbocycles. The maximum absolute atomic E-state index is 13.3. The number of aromatic hydroxyl groups is 2. The van der Waals surface area contributed by atoms with Crippen LogP contribution in [0.15, 0.2) is 93.9 Å². The van der Waals surface area contributed by atoms with E-state index < -0.39 is 17.4 Å². The standard InChI is InChI=1S/C35H34N4O8/c1-20(2)27-18-29(24-8-4-5-9-25(24)31(27)40)46-17-16-45-23-14-12-22(13-15-23)37-38-30-21(3)32(47-19-36)34(42)39(33(30)41)28-11-7-6-10-26(28)35(43)44/h4-15,18,20,40-41H,16-17,19,36H2,1-3H3,(H,43,44). The van der Waals surface area contributed by atoms with Gasteiger partial charge < -0.3 is 29.5 Å². The van der Waals surface area contributed by atoms with Gasteiger partial charge in [0.2, 0.25) is 5.88 Å². The molecule has 0 bridgehead atoms. The zero-order chi connectivity index (χ0) is 33.7. The number of nitrogens with zero attached hydrogens (tertiary/aromatic N) is 3. The Balaban J connectivity index is 1.32. The third-order valence-corrected chi connectivity index (χ3v) is 7.46. The van der Waals surface area contributed by atoms with Crippen molar-refractivity contribution in [3.8, 4) is 34.6 Å². The normalized spacial score (nSPS) is 11.3. The number of fused-ring (bicyclic) bond motifs is 1. The second-order valence-electron chi connectivity index (χ2n) is 10.8. The fourth-order valence-corrected chi connectivity index (χ4v) is 5.12. The largest absolute Gasteiger partial charge is 0.507 e. The number of aromatic carboxylic acids is 1. The van der Waals surface area contributed by atoms with E-state index in [4.69, 9.17) is 19.9 Å². The lowest BCUT2D eigenvalue weighted by atomic mass is 9.97. The zero-order valence-corrected chi connectivity index (χ0v) is 26.0. The molecule has 5 N–H and O–H groups in total. The van der Waals surface area contributed by atoms with Gasteiger partial charge in [-0.1, -0.05) is 50.2 Å². The van der Waals surface area contributed by atoms with Crippen LogP contribution in [0.5, 0.6) is 28.9 Å². The summed E-state index contributed by atoms with van der Waals surface area (Å²) in [6.07, 6.45) is 0. The molecule has 1 aromatic heterocycles. The number of benzene rings is 4. The second kappa shape index (κ2) is 14.0. The number of pyridine rings is 1. The highest BCUT2D eigenvalue weighted by molar-refractivity contribution is 5.94. The van der Waals surface area contributed by atoms with Gasteiger partial charge in [0.25, 0.3) is 0 Å². The van der Waals surface area contributed by atoms with Gasteiger partial charge in [-0.15, -0.1) is 5.11 Å². The number of carboxylic acid groups (broad SMARTS) is 1. The molecule has 0 spiro atoms. The van der Waals surface area contributed by atoms with Gasteiger partial charge in [0, 0.05) is 21.9 Å². The molecule has 47 heavy (non-hydrogen) atoms. The molecule has 5 rings (SSSR count). The summed E-state index contributed by atoms with van der Waals surface area (Å²) in [5.74, 6) is -0.512. The Kier molecular flexibility index (Phi) is 9.71. The van der Waals surface area contributed by atoms with Gasteiger partial charge in [0.05, 0.1) is 16.9 Å². The highest BCUT2D eigenvalue weighted by Gasteiger charge is 2.24. The molecule has 0 unspecified atom stereocenters. The number of phenolic OH excluding ortho intramolecular Hbond substituents is 1. The first-order valence-electron chi connectivity index (χ1n) is 14.8. The smallest absolute Gasteiger partial charge is 0.337 e. The summed E-state index contributed by atoms with van der Waals surface area (Å²) in [5.41, 5.74) is 5.73. The van der Waals surface area contributed by atoms with Crippen molar-refractivity contribution >= 4 is 28.1 Å². The minimum Gasteiger partial charge on any atom is -0.507 e. The van der Waals surface area contributed by atoms with Gasteiger partial charge in [0.15, 0.2) is 11.4 Å². The van der Waals surface area contributed by atoms with E-state index in [-0.39, 0.29) is 59.9 Å². The molecule has 0 aliphatic heterocycles. The minimum absolute atomic E-state index is 0.0785. The highest BCUT2D eigenvalue weighted by Crippen LogP contribution is 2.40. The molecule has 0 atom stereocenters. The SMILES string of the molecule is Cc1c(N=Nc2ccc(OCCOc3cc(C(C)C)c(O)c4ccccc34)cc2)c(O)n(-c2ccccc2C(=O)O)c(=O)c1OCN. The lowest BCUT2D eigenvalue weighted by Crippen LogP contribution is -2.25. The van der Waals surface area contributed by atoms with Crippen molar-refractivity contribution in [1.82, 2.24) is 4.57 Å². The van der Waals surface area contributed by atoms with Gasteiger partial charge >= 0.3 is 11.5 Å². The summed E-state index contributed by atoms with van der Waals surface area (Å²) in [7, 11) is 0. The summed E-state index contributed by atoms with van der Waals surface area (Å²) in [6, 6.07) is 21.8. The first-order chi connectivity index (χ1) is 22.6. The summed E-state index contributed by atoms with van der Waals surface area (Å²) >= 11 is 0. The third kappa shape index (κ3) is 6.72. The number of para-hydroxylation sites is 1. The Morgan fingerprint density at radius 3 is 2.23 bits per heavy atom. The van der Waals surface area contributed by atoms with Gasteiger partial charge in [-0.2, -0.15) is 5.11 Å². The number of hydrogen-bond donors (Lipinski definition) is 4. The number of hydrogen-bond acceptors (Lipinski definition) is 10. The molecular formula is C35H34N4O8. The van der Waals surface area contributed by atoms with Crippen LogP contribution < -0.4 is 25.5 Å². The molecule has 0 fully saturated rings. The van der Waals surface area contributed by atoms with Gasteiger partial charge in [-0.25, -0.2) is 9.36 Å². The first kappa shape index (κ1) is 32.5. The average Bonchev–Trinajstić information content (AvgIpc) is 3.06. The van der Waals surface area contributed by atoms with Crippen LogP contribution in [0.2, 0.25) is 0 Å². The van der Waals surface area contributed by atoms with Crippen molar-refractivity contribution in [2.24, 2.45) is 16.0 Å². The van der Waals surface area contributed by atoms with Crippen LogP contribution in [0, 0.1) is 6.92 Å². The van der Waals surface area contributed by atoms with Crippen LogP contribution in [0.1, 0.15) is 41.3 Å². The number of carbonyl (C=O) groups is 1. The van der Waals surface area contributed by atoms with Crippen LogP contribution in [0.25, 0.3) is 16.5 Å². The average molecular weight is 639 g/mol. The van der Waals surface area contributed by atoms with E-state index in [1.54, 1.807) is 24.3 Å². The summed E-state index contributed by atoms with van der Waals surface area (Å²) in [6.45, 7) is 5.71. The van der Waals surface area contributed by atoms with Crippen LogP contribution in [-0.4, -0.2) is 45.8 Å². The summed E-state index contributed by atoms with van der Waals surface area (Å²) < 4.78 is 18.1. The molecule has 0 amide bonds. The van der Waals surface area contributed by atoms with Gasteiger partial charge in [-0.3, -0.25) is 10.5 Å². The molecule has 12 nitrogen and oxygen atoms in total. The van der Waals surface area contributed by atoms with Crippen molar-refractivity contribution in [2.75, 3.05) is 19.9 Å². The fraction of sp³-hybridized carbons (Fsp3) is 0.200. The lowest BCUT2D eigenvalue weighted by Gasteiger charge is -2.17. The monoisotopic (exact) mass is 638 g/mol. The minimum atomic E-state index is -1.29. The molecule has 0 radical (unpaired) electrons. The summed E-state index contributed by atoms with van der Waals surface area (Å²) in [5, 5.41) is 41.4. The van der Waals surface area contributed by atoms with Crippen LogP contribution in [0.3, 0.4) is 0 Å². The number of carboxylic acids is 1. The van der Waals surface area contributed by atoms with Crippen LogP contribution in [0.4, 0.5) is 11.4 Å². The topological polar surface area (TPSA) is 178 Å². The number of phenols is 1. The molecule has 12 heteroatoms.